The zero-order chi connectivity index (χ0) is 18.6. The Morgan fingerprint density at radius 2 is 2.08 bits per heavy atom. The maximum atomic E-state index is 12.7. The molecule has 26 heavy (non-hydrogen) atoms. The number of hydrogen-bond donors (Lipinski definition) is 0. The summed E-state index contributed by atoms with van der Waals surface area (Å²) in [5, 5.41) is 9.50. The van der Waals surface area contributed by atoms with Crippen molar-refractivity contribution in [3.63, 3.8) is 0 Å². The van der Waals surface area contributed by atoms with Crippen molar-refractivity contribution in [2.45, 2.75) is 46.6 Å². The zero-order valence-electron chi connectivity index (χ0n) is 16.0. The number of fused-ring (bicyclic) bond motifs is 3. The van der Waals surface area contributed by atoms with E-state index in [4.69, 9.17) is 4.98 Å². The van der Waals surface area contributed by atoms with E-state index in [2.05, 4.69) is 32.9 Å². The molecular weight excluding hydrogens is 324 g/mol. The van der Waals surface area contributed by atoms with Gasteiger partial charge in [0, 0.05) is 19.5 Å². The lowest BCUT2D eigenvalue weighted by molar-refractivity contribution is 0.279. The molecule has 3 aliphatic rings. The SMILES string of the molecule is Cn1c(=O)n(CC(C)(C)C)c2ccc(C3=CC4CCC3[C@@H](C#N)C4)nc21. The van der Waals surface area contributed by atoms with Gasteiger partial charge in [0.15, 0.2) is 5.65 Å². The number of pyridine rings is 1. The molecule has 5 rings (SSSR count). The first kappa shape index (κ1) is 17.1. The van der Waals surface area contributed by atoms with E-state index in [1.807, 2.05) is 16.7 Å². The second kappa shape index (κ2) is 5.84. The van der Waals surface area contributed by atoms with Crippen LogP contribution < -0.4 is 5.69 Å². The molecule has 1 saturated carbocycles. The lowest BCUT2D eigenvalue weighted by Crippen LogP contribution is -2.29. The molecule has 0 saturated heterocycles. The van der Waals surface area contributed by atoms with Gasteiger partial charge in [0.25, 0.3) is 0 Å². The van der Waals surface area contributed by atoms with Gasteiger partial charge in [-0.3, -0.25) is 9.13 Å². The summed E-state index contributed by atoms with van der Waals surface area (Å²) in [4.78, 5) is 17.6. The fourth-order valence-electron chi connectivity index (χ4n) is 4.58. The van der Waals surface area contributed by atoms with E-state index < -0.39 is 0 Å². The zero-order valence-corrected chi connectivity index (χ0v) is 16.0. The summed E-state index contributed by atoms with van der Waals surface area (Å²) in [5.74, 6) is 0.871. The van der Waals surface area contributed by atoms with Crippen molar-refractivity contribution < 1.29 is 0 Å². The minimum Gasteiger partial charge on any atom is -0.290 e. The Morgan fingerprint density at radius 1 is 1.31 bits per heavy atom. The molecule has 0 radical (unpaired) electrons. The van der Waals surface area contributed by atoms with Gasteiger partial charge in [0.1, 0.15) is 0 Å². The highest BCUT2D eigenvalue weighted by atomic mass is 16.1. The molecule has 1 fully saturated rings. The third-order valence-corrected chi connectivity index (χ3v) is 5.78. The Balaban J connectivity index is 1.82. The van der Waals surface area contributed by atoms with Crippen molar-refractivity contribution in [3.05, 3.63) is 34.4 Å². The number of hydrogen-bond acceptors (Lipinski definition) is 3. The second-order valence-electron chi connectivity index (χ2n) is 9.06. The minimum atomic E-state index is -0.0198. The van der Waals surface area contributed by atoms with Gasteiger partial charge in [-0.25, -0.2) is 9.78 Å². The van der Waals surface area contributed by atoms with Crippen molar-refractivity contribution in [2.24, 2.45) is 30.2 Å². The van der Waals surface area contributed by atoms with Gasteiger partial charge in [-0.2, -0.15) is 5.26 Å². The molecule has 0 aromatic carbocycles. The highest BCUT2D eigenvalue weighted by molar-refractivity contribution is 5.77. The molecular formula is C21H26N4O. The molecule has 0 aliphatic heterocycles. The average molecular weight is 350 g/mol. The van der Waals surface area contributed by atoms with Crippen LogP contribution in [0.4, 0.5) is 0 Å². The van der Waals surface area contributed by atoms with Crippen molar-refractivity contribution in [2.75, 3.05) is 0 Å². The summed E-state index contributed by atoms with van der Waals surface area (Å²) < 4.78 is 3.47. The predicted octanol–water partition coefficient (Wildman–Crippen LogP) is 3.73. The standard InChI is InChI=1S/C21H26N4O/c1-21(2,3)12-25-18-8-7-17(23-19(18)24(4)20(25)26)16-10-13-5-6-15(16)14(9-13)11-22/h7-8,10,13-15H,5-6,9,12H2,1-4H3/t13?,14-,15?/m1/s1. The molecule has 2 aromatic rings. The Labute approximate surface area is 154 Å². The smallest absolute Gasteiger partial charge is 0.290 e. The van der Waals surface area contributed by atoms with Crippen LogP contribution in [-0.4, -0.2) is 14.1 Å². The van der Waals surface area contributed by atoms with E-state index in [0.717, 1.165) is 29.7 Å². The van der Waals surface area contributed by atoms with Gasteiger partial charge in [0.05, 0.1) is 23.2 Å². The van der Waals surface area contributed by atoms with Crippen molar-refractivity contribution >= 4 is 16.7 Å². The van der Waals surface area contributed by atoms with Crippen molar-refractivity contribution in [1.29, 1.82) is 5.26 Å². The van der Waals surface area contributed by atoms with Gasteiger partial charge in [-0.05, 0) is 48.3 Å². The van der Waals surface area contributed by atoms with E-state index in [1.165, 1.54) is 12.0 Å². The quantitative estimate of drug-likeness (QED) is 0.829. The fourth-order valence-corrected chi connectivity index (χ4v) is 4.58. The maximum absolute atomic E-state index is 12.7. The van der Waals surface area contributed by atoms with E-state index >= 15 is 0 Å². The predicted molar refractivity (Wildman–Crippen MR) is 102 cm³/mol. The van der Waals surface area contributed by atoms with Gasteiger partial charge in [-0.15, -0.1) is 0 Å². The van der Waals surface area contributed by atoms with Gasteiger partial charge < -0.3 is 0 Å². The fraction of sp³-hybridized carbons (Fsp3) is 0.571. The molecule has 2 heterocycles. The summed E-state index contributed by atoms with van der Waals surface area (Å²) in [6, 6.07) is 6.55. The summed E-state index contributed by atoms with van der Waals surface area (Å²) >= 11 is 0. The molecule has 3 atom stereocenters. The third-order valence-electron chi connectivity index (χ3n) is 5.78. The van der Waals surface area contributed by atoms with E-state index in [-0.39, 0.29) is 22.9 Å². The van der Waals surface area contributed by atoms with Crippen LogP contribution in [0.3, 0.4) is 0 Å². The molecule has 5 nitrogen and oxygen atoms in total. The number of allylic oxidation sites excluding steroid dienone is 2. The average Bonchev–Trinajstić information content (AvgIpc) is 2.85. The highest BCUT2D eigenvalue weighted by Crippen LogP contribution is 2.47. The monoisotopic (exact) mass is 350 g/mol. The van der Waals surface area contributed by atoms with Crippen LogP contribution in [0, 0.1) is 34.5 Å². The van der Waals surface area contributed by atoms with E-state index in [0.29, 0.717) is 12.5 Å². The third kappa shape index (κ3) is 2.68. The van der Waals surface area contributed by atoms with E-state index in [1.54, 1.807) is 11.6 Å². The lowest BCUT2D eigenvalue weighted by atomic mass is 9.65. The Kier molecular flexibility index (Phi) is 3.83. The molecule has 2 aromatic heterocycles. The van der Waals surface area contributed by atoms with Crippen molar-refractivity contribution in [3.8, 4) is 6.07 Å². The number of imidazole rings is 1. The van der Waals surface area contributed by atoms with Gasteiger partial charge in [-0.1, -0.05) is 26.8 Å². The Morgan fingerprint density at radius 3 is 2.73 bits per heavy atom. The van der Waals surface area contributed by atoms with Crippen LogP contribution in [-0.2, 0) is 13.6 Å². The van der Waals surface area contributed by atoms with Crippen LogP contribution in [0.1, 0.15) is 45.7 Å². The highest BCUT2D eigenvalue weighted by Gasteiger charge is 2.38. The molecule has 5 heteroatoms. The van der Waals surface area contributed by atoms with Crippen LogP contribution in [0.2, 0.25) is 0 Å². The second-order valence-corrected chi connectivity index (χ2v) is 9.06. The molecule has 0 spiro atoms. The molecule has 0 N–H and O–H groups in total. The van der Waals surface area contributed by atoms with Gasteiger partial charge >= 0.3 is 5.69 Å². The Bertz CT molecular complexity index is 996. The number of nitrogens with zero attached hydrogens (tertiary/aromatic N) is 4. The first-order valence-corrected chi connectivity index (χ1v) is 9.46. The molecule has 2 bridgehead atoms. The van der Waals surface area contributed by atoms with Crippen LogP contribution >= 0.6 is 0 Å². The van der Waals surface area contributed by atoms with E-state index in [9.17, 15) is 10.1 Å². The Hall–Kier alpha value is -2.35. The first-order chi connectivity index (χ1) is 12.3. The first-order valence-electron chi connectivity index (χ1n) is 9.46. The maximum Gasteiger partial charge on any atom is 0.330 e. The topological polar surface area (TPSA) is 63.6 Å². The number of aryl methyl sites for hydroxylation is 1. The summed E-state index contributed by atoms with van der Waals surface area (Å²) in [7, 11) is 1.79. The summed E-state index contributed by atoms with van der Waals surface area (Å²) in [5.41, 5.74) is 3.74. The molecule has 2 unspecified atom stereocenters. The lowest BCUT2D eigenvalue weighted by Gasteiger charge is -2.38. The van der Waals surface area contributed by atoms with Crippen LogP contribution in [0.15, 0.2) is 23.0 Å². The van der Waals surface area contributed by atoms with Gasteiger partial charge in [0.2, 0.25) is 0 Å². The summed E-state index contributed by atoms with van der Waals surface area (Å²) in [6.45, 7) is 7.05. The minimum absolute atomic E-state index is 0.0157. The van der Waals surface area contributed by atoms with Crippen molar-refractivity contribution in [1.82, 2.24) is 14.1 Å². The largest absolute Gasteiger partial charge is 0.330 e. The van der Waals surface area contributed by atoms with Crippen LogP contribution in [0.5, 0.6) is 0 Å². The molecule has 136 valence electrons. The number of rotatable bonds is 2. The normalized spacial score (nSPS) is 25.3. The number of nitriles is 1. The van der Waals surface area contributed by atoms with Crippen LogP contribution in [0.25, 0.3) is 16.7 Å². The number of aromatic nitrogens is 3. The molecule has 3 aliphatic carbocycles. The summed E-state index contributed by atoms with van der Waals surface area (Å²) in [6.07, 6.45) is 5.54. The molecule has 0 amide bonds.